The van der Waals surface area contributed by atoms with Crippen LogP contribution in [0.4, 0.5) is 0 Å². The molecule has 1 aromatic heterocycles. The number of hydrogen-bond acceptors (Lipinski definition) is 1. The second-order valence-electron chi connectivity index (χ2n) is 5.13. The molecule has 1 amide bonds. The van der Waals surface area contributed by atoms with Crippen LogP contribution in [-0.2, 0) is 0 Å². The van der Waals surface area contributed by atoms with E-state index in [4.69, 9.17) is 0 Å². The number of fused-ring (bicyclic) bond motifs is 1. The van der Waals surface area contributed by atoms with E-state index in [0.29, 0.717) is 11.6 Å². The van der Waals surface area contributed by atoms with Crippen LogP contribution in [0.5, 0.6) is 0 Å². The molecule has 1 aromatic carbocycles. The number of hydrogen-bond donors (Lipinski definition) is 1. The third-order valence-electron chi connectivity index (χ3n) is 3.66. The summed E-state index contributed by atoms with van der Waals surface area (Å²) in [5, 5.41) is 1.09. The number of carbonyl (C=O) groups excluding carboxylic acids is 1. The van der Waals surface area contributed by atoms with Crippen molar-refractivity contribution >= 4 is 16.8 Å². The number of para-hydroxylation sites is 1. The van der Waals surface area contributed by atoms with Crippen LogP contribution >= 0.6 is 0 Å². The number of benzene rings is 1. The smallest absolute Gasteiger partial charge is 0.270 e. The molecule has 0 spiro atoms. The van der Waals surface area contributed by atoms with Gasteiger partial charge in [0.25, 0.3) is 5.91 Å². The molecule has 1 heterocycles. The lowest BCUT2D eigenvalue weighted by atomic mass is 10.1. The van der Waals surface area contributed by atoms with E-state index in [-0.39, 0.29) is 5.91 Å². The Hall–Kier alpha value is -1.77. The van der Waals surface area contributed by atoms with Crippen molar-refractivity contribution in [3.05, 3.63) is 36.0 Å². The highest BCUT2D eigenvalue weighted by atomic mass is 16.2. The molecule has 0 saturated heterocycles. The molecule has 0 bridgehead atoms. The molecule has 3 nitrogen and oxygen atoms in total. The predicted octanol–water partition coefficient (Wildman–Crippen LogP) is 3.68. The minimum atomic E-state index is 0.0963. The van der Waals surface area contributed by atoms with Gasteiger partial charge in [0.2, 0.25) is 0 Å². The number of nitrogens with one attached hydrogen (secondary N) is 1. The van der Waals surface area contributed by atoms with Gasteiger partial charge >= 0.3 is 0 Å². The Morgan fingerprint density at radius 1 is 1.32 bits per heavy atom. The number of carbonyl (C=O) groups is 1. The fourth-order valence-corrected chi connectivity index (χ4v) is 2.22. The molecule has 0 aliphatic carbocycles. The van der Waals surface area contributed by atoms with Crippen molar-refractivity contribution in [3.63, 3.8) is 0 Å². The van der Waals surface area contributed by atoms with E-state index in [1.54, 1.807) is 0 Å². The van der Waals surface area contributed by atoms with Crippen LogP contribution in [0.3, 0.4) is 0 Å². The van der Waals surface area contributed by atoms with Gasteiger partial charge in [-0.15, -0.1) is 0 Å². The van der Waals surface area contributed by atoms with Crippen LogP contribution in [0, 0.1) is 5.92 Å². The average Bonchev–Trinajstić information content (AvgIpc) is 2.87. The highest BCUT2D eigenvalue weighted by molar-refractivity contribution is 5.98. The van der Waals surface area contributed by atoms with E-state index in [1.165, 1.54) is 0 Å². The first-order valence-electron chi connectivity index (χ1n) is 7.02. The third kappa shape index (κ3) is 2.98. The Morgan fingerprint density at radius 3 is 2.68 bits per heavy atom. The van der Waals surface area contributed by atoms with Gasteiger partial charge < -0.3 is 9.88 Å². The zero-order chi connectivity index (χ0) is 13.8. The second-order valence-corrected chi connectivity index (χ2v) is 5.13. The monoisotopic (exact) mass is 258 g/mol. The first-order chi connectivity index (χ1) is 9.15. The summed E-state index contributed by atoms with van der Waals surface area (Å²) in [5.41, 5.74) is 1.71. The Bertz CT molecular complexity index is 526. The van der Waals surface area contributed by atoms with Gasteiger partial charge in [-0.2, -0.15) is 0 Å². The lowest BCUT2D eigenvalue weighted by molar-refractivity contribution is 0.0736. The van der Waals surface area contributed by atoms with Crippen molar-refractivity contribution in [2.45, 2.75) is 27.2 Å². The van der Waals surface area contributed by atoms with Crippen LogP contribution in [0.2, 0.25) is 0 Å². The first kappa shape index (κ1) is 13.7. The van der Waals surface area contributed by atoms with Crippen LogP contribution in [0.15, 0.2) is 30.3 Å². The maximum absolute atomic E-state index is 12.5. The van der Waals surface area contributed by atoms with Gasteiger partial charge in [0, 0.05) is 24.0 Å². The standard InChI is InChI=1S/C16H22N2O/c1-4-12(3)11-18(5-2)16(19)15-10-13-8-6-7-9-14(13)17-15/h6-10,12,17H,4-5,11H2,1-3H3. The minimum absolute atomic E-state index is 0.0963. The van der Waals surface area contributed by atoms with E-state index in [0.717, 1.165) is 30.4 Å². The highest BCUT2D eigenvalue weighted by Gasteiger charge is 2.17. The van der Waals surface area contributed by atoms with Gasteiger partial charge in [0.15, 0.2) is 0 Å². The van der Waals surface area contributed by atoms with Crippen molar-refractivity contribution in [3.8, 4) is 0 Å². The van der Waals surface area contributed by atoms with Gasteiger partial charge in [-0.05, 0) is 25.0 Å². The molecule has 1 N–H and O–H groups in total. The molecule has 0 aliphatic rings. The number of rotatable bonds is 5. The molecule has 2 aromatic rings. The molecule has 1 atom stereocenters. The largest absolute Gasteiger partial charge is 0.351 e. The SMILES string of the molecule is CCC(C)CN(CC)C(=O)c1cc2ccccc2[nH]1. The summed E-state index contributed by atoms with van der Waals surface area (Å²) in [5.74, 6) is 0.632. The van der Waals surface area contributed by atoms with Crippen molar-refractivity contribution in [2.75, 3.05) is 13.1 Å². The van der Waals surface area contributed by atoms with Gasteiger partial charge in [-0.25, -0.2) is 0 Å². The van der Waals surface area contributed by atoms with Crippen molar-refractivity contribution < 1.29 is 4.79 Å². The Morgan fingerprint density at radius 2 is 2.05 bits per heavy atom. The maximum Gasteiger partial charge on any atom is 0.270 e. The normalized spacial score (nSPS) is 12.6. The summed E-state index contributed by atoms with van der Waals surface area (Å²) in [4.78, 5) is 17.6. The number of aromatic nitrogens is 1. The molecule has 2 rings (SSSR count). The molecule has 19 heavy (non-hydrogen) atoms. The zero-order valence-electron chi connectivity index (χ0n) is 11.9. The highest BCUT2D eigenvalue weighted by Crippen LogP contribution is 2.16. The Labute approximate surface area is 114 Å². The first-order valence-corrected chi connectivity index (χ1v) is 7.02. The fraction of sp³-hybridized carbons (Fsp3) is 0.438. The summed E-state index contributed by atoms with van der Waals surface area (Å²) in [6, 6.07) is 9.92. The van der Waals surface area contributed by atoms with E-state index >= 15 is 0 Å². The summed E-state index contributed by atoms with van der Waals surface area (Å²) in [6.07, 6.45) is 1.09. The lowest BCUT2D eigenvalue weighted by Crippen LogP contribution is -2.34. The second kappa shape index (κ2) is 5.91. The summed E-state index contributed by atoms with van der Waals surface area (Å²) in [7, 11) is 0. The molecule has 102 valence electrons. The predicted molar refractivity (Wildman–Crippen MR) is 79.3 cm³/mol. The van der Waals surface area contributed by atoms with Gasteiger partial charge in [-0.1, -0.05) is 38.5 Å². The lowest BCUT2D eigenvalue weighted by Gasteiger charge is -2.23. The van der Waals surface area contributed by atoms with Crippen LogP contribution in [-0.4, -0.2) is 28.9 Å². The Kier molecular flexibility index (Phi) is 4.25. The van der Waals surface area contributed by atoms with Crippen LogP contribution in [0.1, 0.15) is 37.7 Å². The van der Waals surface area contributed by atoms with Crippen molar-refractivity contribution in [1.82, 2.24) is 9.88 Å². The molecule has 0 radical (unpaired) electrons. The minimum Gasteiger partial charge on any atom is -0.351 e. The molecule has 1 unspecified atom stereocenters. The summed E-state index contributed by atoms with van der Waals surface area (Å²) >= 11 is 0. The number of nitrogens with zero attached hydrogens (tertiary/aromatic N) is 1. The molecule has 3 heteroatoms. The van der Waals surface area contributed by atoms with Crippen LogP contribution in [0.25, 0.3) is 10.9 Å². The molecule has 0 saturated carbocycles. The average molecular weight is 258 g/mol. The fourth-order valence-electron chi connectivity index (χ4n) is 2.22. The summed E-state index contributed by atoms with van der Waals surface area (Å²) < 4.78 is 0. The molecule has 0 fully saturated rings. The number of aromatic amines is 1. The van der Waals surface area contributed by atoms with Crippen LogP contribution < -0.4 is 0 Å². The molecule has 0 aliphatic heterocycles. The van der Waals surface area contributed by atoms with E-state index in [2.05, 4.69) is 18.8 Å². The number of amides is 1. The molecular formula is C16H22N2O. The van der Waals surface area contributed by atoms with Gasteiger partial charge in [0.1, 0.15) is 5.69 Å². The number of H-pyrrole nitrogens is 1. The van der Waals surface area contributed by atoms with E-state index < -0.39 is 0 Å². The van der Waals surface area contributed by atoms with E-state index in [9.17, 15) is 4.79 Å². The third-order valence-corrected chi connectivity index (χ3v) is 3.66. The Balaban J connectivity index is 2.21. The van der Waals surface area contributed by atoms with E-state index in [1.807, 2.05) is 42.2 Å². The van der Waals surface area contributed by atoms with Gasteiger partial charge in [0.05, 0.1) is 0 Å². The maximum atomic E-state index is 12.5. The summed E-state index contributed by atoms with van der Waals surface area (Å²) in [6.45, 7) is 7.94. The zero-order valence-corrected chi connectivity index (χ0v) is 11.9. The van der Waals surface area contributed by atoms with Gasteiger partial charge in [-0.3, -0.25) is 4.79 Å². The van der Waals surface area contributed by atoms with Crippen molar-refractivity contribution in [1.29, 1.82) is 0 Å². The van der Waals surface area contributed by atoms with Crippen molar-refractivity contribution in [2.24, 2.45) is 5.92 Å². The molecular weight excluding hydrogens is 236 g/mol. The quantitative estimate of drug-likeness (QED) is 0.872. The topological polar surface area (TPSA) is 36.1 Å².